The Bertz CT molecular complexity index is 399. The highest BCUT2D eigenvalue weighted by atomic mass is 19.1. The van der Waals surface area contributed by atoms with Crippen molar-refractivity contribution < 1.29 is 9.18 Å². The molecule has 1 saturated heterocycles. The summed E-state index contributed by atoms with van der Waals surface area (Å²) in [6.45, 7) is 0.544. The number of likely N-dealkylation sites (tertiary alicyclic amines) is 1. The summed E-state index contributed by atoms with van der Waals surface area (Å²) in [5.74, 6) is 5.15. The van der Waals surface area contributed by atoms with E-state index < -0.39 is 6.17 Å². The molecule has 0 spiro atoms. The summed E-state index contributed by atoms with van der Waals surface area (Å²) < 4.78 is 12.9. The van der Waals surface area contributed by atoms with E-state index in [1.165, 1.54) is 17.3 Å². The number of rotatable bonds is 2. The molecule has 3 N–H and O–H groups in total. The smallest absolute Gasteiger partial charge is 0.274 e. The van der Waals surface area contributed by atoms with Gasteiger partial charge < -0.3 is 10.3 Å². The van der Waals surface area contributed by atoms with Crippen LogP contribution in [0.2, 0.25) is 0 Å². The number of halogens is 1. The van der Waals surface area contributed by atoms with Crippen molar-refractivity contribution in [3.05, 3.63) is 18.1 Å². The third-order valence-electron chi connectivity index (χ3n) is 2.42. The van der Waals surface area contributed by atoms with Crippen molar-refractivity contribution in [1.82, 2.24) is 14.9 Å². The molecule has 1 aromatic rings. The molecule has 1 aliphatic rings. The Morgan fingerprint density at radius 2 is 2.44 bits per heavy atom. The van der Waals surface area contributed by atoms with Crippen molar-refractivity contribution in [3.8, 4) is 0 Å². The number of nitrogens with one attached hydrogen (secondary N) is 1. The highest BCUT2D eigenvalue weighted by molar-refractivity contribution is 5.92. The van der Waals surface area contributed by atoms with E-state index in [0.29, 0.717) is 18.8 Å². The Morgan fingerprint density at radius 1 is 1.62 bits per heavy atom. The Kier molecular flexibility index (Phi) is 2.95. The molecule has 6 nitrogen and oxygen atoms in total. The van der Waals surface area contributed by atoms with E-state index in [-0.39, 0.29) is 18.1 Å². The topological polar surface area (TPSA) is 84.1 Å². The van der Waals surface area contributed by atoms with Crippen LogP contribution < -0.4 is 11.3 Å². The maximum Gasteiger partial charge on any atom is 0.274 e. The van der Waals surface area contributed by atoms with Gasteiger partial charge in [0.2, 0.25) is 0 Å². The predicted molar refractivity (Wildman–Crippen MR) is 55.3 cm³/mol. The van der Waals surface area contributed by atoms with Crippen LogP contribution in [0, 0.1) is 0 Å². The maximum absolute atomic E-state index is 12.9. The van der Waals surface area contributed by atoms with E-state index in [2.05, 4.69) is 15.4 Å². The van der Waals surface area contributed by atoms with Gasteiger partial charge >= 0.3 is 0 Å². The highest BCUT2D eigenvalue weighted by Gasteiger charge is 2.27. The zero-order valence-corrected chi connectivity index (χ0v) is 8.56. The van der Waals surface area contributed by atoms with Crippen LogP contribution in [-0.2, 0) is 0 Å². The van der Waals surface area contributed by atoms with Gasteiger partial charge in [-0.25, -0.2) is 15.2 Å². The number of amides is 1. The van der Waals surface area contributed by atoms with Gasteiger partial charge in [0.05, 0.1) is 18.9 Å². The number of hydrazine groups is 1. The molecule has 16 heavy (non-hydrogen) atoms. The van der Waals surface area contributed by atoms with E-state index in [9.17, 15) is 9.18 Å². The number of anilines is 1. The Hall–Kier alpha value is -1.76. The summed E-state index contributed by atoms with van der Waals surface area (Å²) in [5, 5.41) is 0. The molecule has 0 bridgehead atoms. The number of hydrogen-bond acceptors (Lipinski definition) is 5. The normalized spacial score (nSPS) is 19.9. The number of nitrogens with zero attached hydrogens (tertiary/aromatic N) is 3. The molecule has 0 unspecified atom stereocenters. The Labute approximate surface area is 91.6 Å². The lowest BCUT2D eigenvalue weighted by Gasteiger charge is -2.14. The lowest BCUT2D eigenvalue weighted by molar-refractivity contribution is 0.0776. The Balaban J connectivity index is 2.14. The summed E-state index contributed by atoms with van der Waals surface area (Å²) in [6.07, 6.45) is 2.19. The first-order valence-corrected chi connectivity index (χ1v) is 4.92. The molecule has 86 valence electrons. The molecule has 1 aliphatic heterocycles. The lowest BCUT2D eigenvalue weighted by Crippen LogP contribution is -2.30. The quantitative estimate of drug-likeness (QED) is 0.544. The van der Waals surface area contributed by atoms with Gasteiger partial charge in [0.15, 0.2) is 5.82 Å². The molecule has 0 aromatic carbocycles. The summed E-state index contributed by atoms with van der Waals surface area (Å²) in [5.41, 5.74) is 2.47. The van der Waals surface area contributed by atoms with Crippen molar-refractivity contribution in [3.63, 3.8) is 0 Å². The van der Waals surface area contributed by atoms with Crippen LogP contribution in [0.3, 0.4) is 0 Å². The third-order valence-corrected chi connectivity index (χ3v) is 2.42. The maximum atomic E-state index is 12.9. The summed E-state index contributed by atoms with van der Waals surface area (Å²) >= 11 is 0. The van der Waals surface area contributed by atoms with Crippen LogP contribution in [0.1, 0.15) is 16.9 Å². The van der Waals surface area contributed by atoms with E-state index in [1.54, 1.807) is 0 Å². The number of nitrogen functional groups attached to an aromatic ring is 1. The van der Waals surface area contributed by atoms with E-state index >= 15 is 0 Å². The van der Waals surface area contributed by atoms with Crippen LogP contribution in [0.25, 0.3) is 0 Å². The first-order valence-electron chi connectivity index (χ1n) is 4.92. The largest absolute Gasteiger partial charge is 0.334 e. The molecular formula is C9H12FN5O. The van der Waals surface area contributed by atoms with Crippen LogP contribution in [0.15, 0.2) is 12.4 Å². The molecule has 2 rings (SSSR count). The van der Waals surface area contributed by atoms with Crippen LogP contribution in [0.5, 0.6) is 0 Å². The van der Waals surface area contributed by atoms with Crippen molar-refractivity contribution in [2.45, 2.75) is 12.6 Å². The molecule has 1 fully saturated rings. The van der Waals surface area contributed by atoms with Gasteiger partial charge in [0.25, 0.3) is 5.91 Å². The number of aromatic nitrogens is 2. The monoisotopic (exact) mass is 225 g/mol. The second-order valence-corrected chi connectivity index (χ2v) is 3.57. The van der Waals surface area contributed by atoms with E-state index in [0.717, 1.165) is 0 Å². The fourth-order valence-corrected chi connectivity index (χ4v) is 1.60. The minimum Gasteiger partial charge on any atom is -0.334 e. The molecule has 2 heterocycles. The molecule has 1 aromatic heterocycles. The molecule has 1 atom stereocenters. The van der Waals surface area contributed by atoms with E-state index in [4.69, 9.17) is 5.84 Å². The van der Waals surface area contributed by atoms with Crippen molar-refractivity contribution >= 4 is 11.7 Å². The highest BCUT2D eigenvalue weighted by Crippen LogP contribution is 2.15. The van der Waals surface area contributed by atoms with Crippen molar-refractivity contribution in [1.29, 1.82) is 0 Å². The fourth-order valence-electron chi connectivity index (χ4n) is 1.60. The first kappa shape index (κ1) is 10.7. The van der Waals surface area contributed by atoms with Crippen molar-refractivity contribution in [2.75, 3.05) is 18.5 Å². The van der Waals surface area contributed by atoms with Crippen LogP contribution in [0.4, 0.5) is 10.2 Å². The van der Waals surface area contributed by atoms with Gasteiger partial charge in [-0.05, 0) is 6.42 Å². The minimum absolute atomic E-state index is 0.126. The third kappa shape index (κ3) is 2.08. The van der Waals surface area contributed by atoms with Gasteiger partial charge in [-0.3, -0.25) is 9.78 Å². The van der Waals surface area contributed by atoms with Gasteiger partial charge in [-0.2, -0.15) is 0 Å². The minimum atomic E-state index is -0.937. The average molecular weight is 225 g/mol. The summed E-state index contributed by atoms with van der Waals surface area (Å²) in [4.78, 5) is 21.0. The Morgan fingerprint density at radius 3 is 3.06 bits per heavy atom. The number of alkyl halides is 1. The molecule has 0 radical (unpaired) electrons. The second kappa shape index (κ2) is 4.40. The predicted octanol–water partition coefficient (Wildman–Crippen LogP) is -0.0538. The molecule has 0 saturated carbocycles. The van der Waals surface area contributed by atoms with E-state index in [1.807, 2.05) is 0 Å². The molecule has 1 amide bonds. The molecular weight excluding hydrogens is 213 g/mol. The summed E-state index contributed by atoms with van der Waals surface area (Å²) in [7, 11) is 0. The van der Waals surface area contributed by atoms with Crippen LogP contribution in [-0.4, -0.2) is 40.0 Å². The fraction of sp³-hybridized carbons (Fsp3) is 0.444. The molecule has 0 aliphatic carbocycles. The number of carbonyl (C=O) groups excluding carboxylic acids is 1. The standard InChI is InChI=1S/C9H12FN5O/c10-6-1-2-15(5-6)9(16)7-3-12-4-8(13-7)14-11/h3-4,6H,1-2,5,11H2,(H,13,14)/t6-/m0/s1. The number of nitrogens with two attached hydrogens (primary N) is 1. The first-order chi connectivity index (χ1) is 7.70. The SMILES string of the molecule is NNc1cncc(C(=O)N2CC[C@H](F)C2)n1. The number of hydrogen-bond donors (Lipinski definition) is 2. The number of carbonyl (C=O) groups is 1. The lowest BCUT2D eigenvalue weighted by atomic mass is 10.3. The second-order valence-electron chi connectivity index (χ2n) is 3.57. The zero-order valence-electron chi connectivity index (χ0n) is 8.56. The molecule has 7 heteroatoms. The van der Waals surface area contributed by atoms with Gasteiger partial charge in [-0.15, -0.1) is 0 Å². The summed E-state index contributed by atoms with van der Waals surface area (Å²) in [6, 6.07) is 0. The van der Waals surface area contributed by atoms with Gasteiger partial charge in [0, 0.05) is 6.54 Å². The van der Waals surface area contributed by atoms with Gasteiger partial charge in [-0.1, -0.05) is 0 Å². The van der Waals surface area contributed by atoms with Crippen LogP contribution >= 0.6 is 0 Å². The average Bonchev–Trinajstić information content (AvgIpc) is 2.75. The zero-order chi connectivity index (χ0) is 11.5. The van der Waals surface area contributed by atoms with Gasteiger partial charge in [0.1, 0.15) is 11.9 Å². The van der Waals surface area contributed by atoms with Crippen molar-refractivity contribution in [2.24, 2.45) is 5.84 Å².